The summed E-state index contributed by atoms with van der Waals surface area (Å²) in [4.78, 5) is 37.0. The second-order valence-electron chi connectivity index (χ2n) is 10.7. The Morgan fingerprint density at radius 1 is 0.792 bits per heavy atom. The number of non-ortho nitro benzene ring substituents is 1. The van der Waals surface area contributed by atoms with Crippen LogP contribution in [0.3, 0.4) is 0 Å². The van der Waals surface area contributed by atoms with Gasteiger partial charge in [-0.3, -0.25) is 10.1 Å². The number of anilines is 3. The standard InChI is InChI=1S/C21H16N2O7.C15H26N2O/c1-28-19-12-17(30-20(24)13-2-4-14(22)5-3-13)10-11-18(19)21(25)29-16-8-6-15(7-9-16)23(26)27;1-4-6-7-11-18-15-12-13(8-9-14(15)16)17(3)10-5-2/h2-12H,22H2,1H3;8-9,12H,4-7,10-11,16H2,1-3H3. The minimum absolute atomic E-state index is 0.0862. The molecule has 48 heavy (non-hydrogen) atoms. The lowest BCUT2D eigenvalue weighted by Crippen LogP contribution is -2.17. The Kier molecular flexibility index (Phi) is 14.1. The third-order valence-electron chi connectivity index (χ3n) is 7.01. The fourth-order valence-corrected chi connectivity index (χ4v) is 4.37. The molecule has 0 aliphatic carbocycles. The topological polar surface area (TPSA) is 169 Å². The van der Waals surface area contributed by atoms with Gasteiger partial charge in [-0.1, -0.05) is 26.7 Å². The van der Waals surface area contributed by atoms with Crippen molar-refractivity contribution in [2.75, 3.05) is 43.7 Å². The molecule has 0 aliphatic heterocycles. The van der Waals surface area contributed by atoms with Crippen molar-refractivity contribution >= 4 is 34.7 Å². The van der Waals surface area contributed by atoms with E-state index in [1.807, 2.05) is 18.2 Å². The van der Waals surface area contributed by atoms with Crippen molar-refractivity contribution in [2.45, 2.75) is 39.5 Å². The predicted molar refractivity (Wildman–Crippen MR) is 186 cm³/mol. The summed E-state index contributed by atoms with van der Waals surface area (Å²) in [6.07, 6.45) is 4.63. The molecule has 12 heteroatoms. The molecule has 254 valence electrons. The molecule has 0 heterocycles. The van der Waals surface area contributed by atoms with Crippen LogP contribution in [0.25, 0.3) is 0 Å². The first kappa shape index (κ1) is 36.7. The second kappa shape index (κ2) is 18.4. The first-order valence-corrected chi connectivity index (χ1v) is 15.5. The van der Waals surface area contributed by atoms with Gasteiger partial charge in [0.15, 0.2) is 0 Å². The molecule has 0 aliphatic rings. The summed E-state index contributed by atoms with van der Waals surface area (Å²) in [5, 5.41) is 10.7. The van der Waals surface area contributed by atoms with E-state index >= 15 is 0 Å². The largest absolute Gasteiger partial charge is 0.496 e. The first-order chi connectivity index (χ1) is 23.1. The summed E-state index contributed by atoms with van der Waals surface area (Å²) >= 11 is 0. The van der Waals surface area contributed by atoms with Crippen LogP contribution in [0.5, 0.6) is 23.0 Å². The number of hydrogen-bond acceptors (Lipinski definition) is 11. The molecule has 0 unspecified atom stereocenters. The van der Waals surface area contributed by atoms with Crippen LogP contribution in [0, 0.1) is 10.1 Å². The molecule has 0 bridgehead atoms. The Labute approximate surface area is 280 Å². The van der Waals surface area contributed by atoms with Gasteiger partial charge in [-0.25, -0.2) is 9.59 Å². The number of rotatable bonds is 14. The van der Waals surface area contributed by atoms with Gasteiger partial charge < -0.3 is 35.3 Å². The molecule has 0 fully saturated rings. The number of carbonyl (C=O) groups is 2. The van der Waals surface area contributed by atoms with Crippen LogP contribution in [-0.2, 0) is 0 Å². The number of nitro benzene ring substituents is 1. The Balaban J connectivity index is 0.000000297. The third kappa shape index (κ3) is 10.9. The van der Waals surface area contributed by atoms with E-state index in [0.717, 1.165) is 43.1 Å². The number of hydrogen-bond donors (Lipinski definition) is 2. The number of benzene rings is 4. The quantitative estimate of drug-likeness (QED) is 0.0348. The second-order valence-corrected chi connectivity index (χ2v) is 10.7. The van der Waals surface area contributed by atoms with E-state index in [9.17, 15) is 19.7 Å². The molecule has 12 nitrogen and oxygen atoms in total. The van der Waals surface area contributed by atoms with Crippen LogP contribution in [0.15, 0.2) is 84.9 Å². The van der Waals surface area contributed by atoms with Crippen molar-refractivity contribution in [1.82, 2.24) is 0 Å². The van der Waals surface area contributed by atoms with E-state index in [1.54, 1.807) is 12.1 Å². The van der Waals surface area contributed by atoms with Gasteiger partial charge >= 0.3 is 11.9 Å². The Hall–Kier alpha value is -5.78. The van der Waals surface area contributed by atoms with Crippen LogP contribution in [0.4, 0.5) is 22.7 Å². The molecule has 0 amide bonds. The van der Waals surface area contributed by atoms with Gasteiger partial charge in [0.25, 0.3) is 5.69 Å². The van der Waals surface area contributed by atoms with Gasteiger partial charge in [0, 0.05) is 49.2 Å². The molecule has 0 atom stereocenters. The van der Waals surface area contributed by atoms with Crippen LogP contribution in [0.2, 0.25) is 0 Å². The van der Waals surface area contributed by atoms with Crippen molar-refractivity contribution in [3.8, 4) is 23.0 Å². The molecule has 0 radical (unpaired) electrons. The summed E-state index contributed by atoms with van der Waals surface area (Å²) in [5.41, 5.74) is 14.2. The highest BCUT2D eigenvalue weighted by Gasteiger charge is 2.18. The van der Waals surface area contributed by atoms with Gasteiger partial charge in [-0.2, -0.15) is 0 Å². The highest BCUT2D eigenvalue weighted by Crippen LogP contribution is 2.29. The molecule has 0 aromatic heterocycles. The number of nitrogens with zero attached hydrogens (tertiary/aromatic N) is 2. The summed E-state index contributed by atoms with van der Waals surface area (Å²) < 4.78 is 21.5. The lowest BCUT2D eigenvalue weighted by molar-refractivity contribution is -0.384. The van der Waals surface area contributed by atoms with Gasteiger partial charge in [0.05, 0.1) is 29.9 Å². The summed E-state index contributed by atoms with van der Waals surface area (Å²) in [7, 11) is 3.44. The molecular weight excluding hydrogens is 616 g/mol. The van der Waals surface area contributed by atoms with Crippen molar-refractivity contribution in [3.63, 3.8) is 0 Å². The van der Waals surface area contributed by atoms with Crippen molar-refractivity contribution in [2.24, 2.45) is 0 Å². The zero-order valence-electron chi connectivity index (χ0n) is 27.6. The van der Waals surface area contributed by atoms with E-state index in [0.29, 0.717) is 11.3 Å². The monoisotopic (exact) mass is 658 g/mol. The van der Waals surface area contributed by atoms with Gasteiger partial charge in [0.2, 0.25) is 0 Å². The van der Waals surface area contributed by atoms with E-state index < -0.39 is 16.9 Å². The fourth-order valence-electron chi connectivity index (χ4n) is 4.37. The maximum Gasteiger partial charge on any atom is 0.347 e. The highest BCUT2D eigenvalue weighted by molar-refractivity contribution is 5.95. The van der Waals surface area contributed by atoms with Gasteiger partial charge in [0.1, 0.15) is 28.6 Å². The molecule has 0 saturated carbocycles. The zero-order chi connectivity index (χ0) is 35.1. The predicted octanol–water partition coefficient (Wildman–Crippen LogP) is 7.31. The number of nitrogens with two attached hydrogens (primary N) is 2. The summed E-state index contributed by atoms with van der Waals surface area (Å²) in [6, 6.07) is 21.5. The molecule has 4 rings (SSSR count). The Bertz CT molecular complexity index is 1660. The number of carbonyl (C=O) groups excluding carboxylic acids is 2. The number of unbranched alkanes of at least 4 members (excludes halogenated alkanes) is 2. The SMILES string of the molecule is CCCCCOc1cc(N(C)CCC)ccc1N.COc1cc(OC(=O)c2ccc(N)cc2)ccc1C(=O)Oc1ccc([N+](=O)[O-])cc1. The number of nitro groups is 1. The van der Waals surface area contributed by atoms with Crippen LogP contribution in [-0.4, -0.2) is 44.2 Å². The minimum atomic E-state index is -0.739. The maximum absolute atomic E-state index is 12.4. The molecule has 0 spiro atoms. The number of nitrogen functional groups attached to an aromatic ring is 2. The Morgan fingerprint density at radius 2 is 1.46 bits per heavy atom. The van der Waals surface area contributed by atoms with Gasteiger partial charge in [-0.15, -0.1) is 0 Å². The van der Waals surface area contributed by atoms with Crippen molar-refractivity contribution in [3.05, 3.63) is 106 Å². The van der Waals surface area contributed by atoms with E-state index in [1.165, 1.54) is 74.5 Å². The van der Waals surface area contributed by atoms with Crippen molar-refractivity contribution in [1.29, 1.82) is 0 Å². The Morgan fingerprint density at radius 3 is 2.08 bits per heavy atom. The number of methoxy groups -OCH3 is 1. The molecule has 0 saturated heterocycles. The molecule has 4 N–H and O–H groups in total. The number of esters is 2. The lowest BCUT2D eigenvalue weighted by Gasteiger charge is -2.20. The van der Waals surface area contributed by atoms with E-state index in [2.05, 4.69) is 25.8 Å². The summed E-state index contributed by atoms with van der Waals surface area (Å²) in [5.74, 6) is -0.0986. The van der Waals surface area contributed by atoms with Crippen LogP contribution < -0.4 is 35.3 Å². The third-order valence-corrected chi connectivity index (χ3v) is 7.01. The minimum Gasteiger partial charge on any atom is -0.496 e. The van der Waals surface area contributed by atoms with Crippen LogP contribution >= 0.6 is 0 Å². The zero-order valence-corrected chi connectivity index (χ0v) is 27.6. The van der Waals surface area contributed by atoms with E-state index in [4.69, 9.17) is 30.4 Å². The normalized spacial score (nSPS) is 10.2. The molecular formula is C36H42N4O8. The lowest BCUT2D eigenvalue weighted by atomic mass is 10.2. The highest BCUT2D eigenvalue weighted by atomic mass is 16.6. The summed E-state index contributed by atoms with van der Waals surface area (Å²) in [6.45, 7) is 6.16. The smallest absolute Gasteiger partial charge is 0.347 e. The maximum atomic E-state index is 12.4. The number of ether oxygens (including phenoxy) is 4. The van der Waals surface area contributed by atoms with Gasteiger partial charge in [-0.05, 0) is 73.5 Å². The average Bonchev–Trinajstić information content (AvgIpc) is 3.08. The van der Waals surface area contributed by atoms with E-state index in [-0.39, 0.29) is 28.5 Å². The molecule has 4 aromatic carbocycles. The first-order valence-electron chi connectivity index (χ1n) is 15.5. The fraction of sp³-hybridized carbons (Fsp3) is 0.278. The van der Waals surface area contributed by atoms with Crippen LogP contribution in [0.1, 0.15) is 60.2 Å². The van der Waals surface area contributed by atoms with Crippen molar-refractivity contribution < 1.29 is 33.5 Å². The average molecular weight is 659 g/mol. The molecule has 4 aromatic rings.